The number of hydrogen-bond donors (Lipinski definition) is 1. The zero-order chi connectivity index (χ0) is 16.1. The zero-order valence-corrected chi connectivity index (χ0v) is 15.5. The van der Waals surface area contributed by atoms with Crippen LogP contribution in [0.15, 0.2) is 44.7 Å². The lowest BCUT2D eigenvalue weighted by atomic mass is 10.2. The normalized spacial score (nSPS) is 11.0. The number of amides is 1. The first kappa shape index (κ1) is 16.5. The van der Waals surface area contributed by atoms with E-state index in [1.54, 1.807) is 11.3 Å². The Morgan fingerprint density at radius 3 is 3.00 bits per heavy atom. The Morgan fingerprint density at radius 2 is 2.17 bits per heavy atom. The summed E-state index contributed by atoms with van der Waals surface area (Å²) in [7, 11) is 0. The Labute approximate surface area is 150 Å². The minimum Gasteiger partial charge on any atom is -0.356 e. The number of hydrogen-bond acceptors (Lipinski definition) is 5. The fraction of sp³-hybridized carbons (Fsp3) is 0.250. The van der Waals surface area contributed by atoms with Crippen molar-refractivity contribution >= 4 is 55.9 Å². The van der Waals surface area contributed by atoms with Crippen molar-refractivity contribution < 1.29 is 9.32 Å². The van der Waals surface area contributed by atoms with E-state index in [0.29, 0.717) is 17.8 Å². The van der Waals surface area contributed by atoms with Crippen LogP contribution in [-0.4, -0.2) is 23.4 Å². The summed E-state index contributed by atoms with van der Waals surface area (Å²) in [4.78, 5) is 13.3. The van der Waals surface area contributed by atoms with Gasteiger partial charge in [0.05, 0.1) is 10.2 Å². The number of nitrogens with one attached hydrogen (secondary N) is 1. The molecule has 0 radical (unpaired) electrons. The van der Waals surface area contributed by atoms with Crippen LogP contribution >= 0.6 is 39.0 Å². The van der Waals surface area contributed by atoms with Gasteiger partial charge in [-0.1, -0.05) is 17.3 Å². The van der Waals surface area contributed by atoms with Crippen LogP contribution in [0, 0.1) is 0 Å². The second-order valence-corrected chi connectivity index (χ2v) is 8.56. The summed E-state index contributed by atoms with van der Waals surface area (Å²) in [6, 6.07) is 11.8. The lowest BCUT2D eigenvalue weighted by molar-refractivity contribution is -0.120. The summed E-state index contributed by atoms with van der Waals surface area (Å²) >= 11 is 7.02. The van der Waals surface area contributed by atoms with E-state index in [0.717, 1.165) is 20.7 Å². The molecule has 1 aromatic carbocycles. The van der Waals surface area contributed by atoms with E-state index < -0.39 is 0 Å². The van der Waals surface area contributed by atoms with Crippen LogP contribution in [0.5, 0.6) is 0 Å². The van der Waals surface area contributed by atoms with Crippen molar-refractivity contribution in [1.82, 2.24) is 10.5 Å². The van der Waals surface area contributed by atoms with Gasteiger partial charge in [0.25, 0.3) is 0 Å². The second kappa shape index (κ2) is 7.99. The number of benzene rings is 1. The number of aromatic nitrogens is 1. The molecule has 0 aliphatic carbocycles. The lowest BCUT2D eigenvalue weighted by Crippen LogP contribution is -2.27. The van der Waals surface area contributed by atoms with E-state index in [9.17, 15) is 4.79 Å². The van der Waals surface area contributed by atoms with Gasteiger partial charge in [-0.2, -0.15) is 11.8 Å². The third kappa shape index (κ3) is 4.59. The summed E-state index contributed by atoms with van der Waals surface area (Å²) in [6.07, 6.45) is 0.250. The Balaban J connectivity index is 1.40. The van der Waals surface area contributed by atoms with E-state index in [1.807, 2.05) is 36.0 Å². The molecule has 1 amide bonds. The highest BCUT2D eigenvalue weighted by molar-refractivity contribution is 9.11. The van der Waals surface area contributed by atoms with Gasteiger partial charge < -0.3 is 9.84 Å². The van der Waals surface area contributed by atoms with Crippen molar-refractivity contribution in [1.29, 1.82) is 0 Å². The standard InChI is InChI=1S/C16H15BrN2O2S2/c17-15-6-5-11(23-15)10-22-8-7-18-16(20)9-13-12-3-1-2-4-14(12)21-19-13/h1-6H,7-10H2,(H,18,20). The second-order valence-electron chi connectivity index (χ2n) is 4.91. The van der Waals surface area contributed by atoms with Crippen LogP contribution in [-0.2, 0) is 17.0 Å². The van der Waals surface area contributed by atoms with Crippen LogP contribution in [0.1, 0.15) is 10.6 Å². The number of thioether (sulfide) groups is 1. The molecule has 0 atom stereocenters. The molecule has 0 bridgehead atoms. The third-order valence-corrected chi connectivity index (χ3v) is 6.04. The maximum Gasteiger partial charge on any atom is 0.226 e. The maximum absolute atomic E-state index is 12.0. The highest BCUT2D eigenvalue weighted by Crippen LogP contribution is 2.25. The van der Waals surface area contributed by atoms with E-state index in [1.165, 1.54) is 4.88 Å². The van der Waals surface area contributed by atoms with Gasteiger partial charge in [-0.15, -0.1) is 11.3 Å². The predicted molar refractivity (Wildman–Crippen MR) is 98.9 cm³/mol. The molecule has 2 aromatic heterocycles. The fourth-order valence-electron chi connectivity index (χ4n) is 2.14. The Kier molecular flexibility index (Phi) is 5.75. The molecule has 0 unspecified atom stereocenters. The van der Waals surface area contributed by atoms with Crippen LogP contribution in [0.4, 0.5) is 0 Å². The molecule has 120 valence electrons. The Bertz CT molecular complexity index is 800. The summed E-state index contributed by atoms with van der Waals surface area (Å²) in [5.41, 5.74) is 1.40. The molecule has 0 saturated heterocycles. The van der Waals surface area contributed by atoms with Gasteiger partial charge >= 0.3 is 0 Å². The number of halogens is 1. The van der Waals surface area contributed by atoms with E-state index >= 15 is 0 Å². The Morgan fingerprint density at radius 1 is 1.30 bits per heavy atom. The first-order chi connectivity index (χ1) is 11.2. The first-order valence-electron chi connectivity index (χ1n) is 7.14. The van der Waals surface area contributed by atoms with Gasteiger partial charge in [0.1, 0.15) is 5.69 Å². The summed E-state index contributed by atoms with van der Waals surface area (Å²) in [5.74, 6) is 1.84. The van der Waals surface area contributed by atoms with Crippen molar-refractivity contribution in [2.75, 3.05) is 12.3 Å². The topological polar surface area (TPSA) is 55.1 Å². The van der Waals surface area contributed by atoms with Crippen LogP contribution < -0.4 is 5.32 Å². The predicted octanol–water partition coefficient (Wildman–Crippen LogP) is 4.24. The number of nitrogens with zero attached hydrogens (tertiary/aromatic N) is 1. The molecule has 23 heavy (non-hydrogen) atoms. The summed E-state index contributed by atoms with van der Waals surface area (Å²) in [6.45, 7) is 0.659. The number of thiophene rings is 1. The van der Waals surface area contributed by atoms with Crippen molar-refractivity contribution in [3.05, 3.63) is 50.8 Å². The number of carbonyl (C=O) groups is 1. The molecule has 3 aromatic rings. The smallest absolute Gasteiger partial charge is 0.226 e. The fourth-order valence-corrected chi connectivity index (χ4v) is 4.60. The molecule has 0 fully saturated rings. The number of rotatable bonds is 7. The van der Waals surface area contributed by atoms with E-state index in [2.05, 4.69) is 38.5 Å². The number of para-hydroxylation sites is 1. The molecule has 0 aliphatic heterocycles. The minimum atomic E-state index is -0.0245. The van der Waals surface area contributed by atoms with Crippen LogP contribution in [0.25, 0.3) is 11.0 Å². The number of fused-ring (bicyclic) bond motifs is 1. The average molecular weight is 411 g/mol. The van der Waals surface area contributed by atoms with E-state index in [-0.39, 0.29) is 12.3 Å². The van der Waals surface area contributed by atoms with Gasteiger partial charge in [0, 0.05) is 28.3 Å². The highest BCUT2D eigenvalue weighted by Gasteiger charge is 2.11. The Hall–Kier alpha value is -1.31. The van der Waals surface area contributed by atoms with Crippen molar-refractivity contribution in [3.63, 3.8) is 0 Å². The van der Waals surface area contributed by atoms with E-state index in [4.69, 9.17) is 4.52 Å². The van der Waals surface area contributed by atoms with Gasteiger partial charge in [0.15, 0.2) is 5.58 Å². The molecule has 3 rings (SSSR count). The highest BCUT2D eigenvalue weighted by atomic mass is 79.9. The molecule has 0 saturated carbocycles. The monoisotopic (exact) mass is 410 g/mol. The SMILES string of the molecule is O=C(Cc1noc2ccccc12)NCCSCc1ccc(Br)s1. The molecular formula is C16H15BrN2O2S2. The summed E-state index contributed by atoms with van der Waals surface area (Å²) in [5, 5.41) is 7.81. The van der Waals surface area contributed by atoms with Crippen LogP contribution in [0.3, 0.4) is 0 Å². The van der Waals surface area contributed by atoms with Gasteiger partial charge in [0.2, 0.25) is 5.91 Å². The molecule has 0 spiro atoms. The van der Waals surface area contributed by atoms with Gasteiger partial charge in [-0.25, -0.2) is 0 Å². The third-order valence-electron chi connectivity index (χ3n) is 3.22. The maximum atomic E-state index is 12.0. The van der Waals surface area contributed by atoms with Crippen molar-refractivity contribution in [2.45, 2.75) is 12.2 Å². The largest absolute Gasteiger partial charge is 0.356 e. The zero-order valence-electron chi connectivity index (χ0n) is 12.3. The average Bonchev–Trinajstić information content (AvgIpc) is 3.14. The first-order valence-corrected chi connectivity index (χ1v) is 9.91. The van der Waals surface area contributed by atoms with Crippen molar-refractivity contribution in [2.24, 2.45) is 0 Å². The van der Waals surface area contributed by atoms with Gasteiger partial charge in [-0.05, 0) is 40.2 Å². The minimum absolute atomic E-state index is 0.0245. The molecular weight excluding hydrogens is 396 g/mol. The number of carbonyl (C=O) groups excluding carboxylic acids is 1. The molecule has 0 aliphatic rings. The summed E-state index contributed by atoms with van der Waals surface area (Å²) < 4.78 is 6.36. The molecule has 1 N–H and O–H groups in total. The quantitative estimate of drug-likeness (QED) is 0.591. The lowest BCUT2D eigenvalue weighted by Gasteiger charge is -2.03. The molecule has 7 heteroatoms. The molecule has 4 nitrogen and oxygen atoms in total. The van der Waals surface area contributed by atoms with Gasteiger partial charge in [-0.3, -0.25) is 4.79 Å². The van der Waals surface area contributed by atoms with Crippen molar-refractivity contribution in [3.8, 4) is 0 Å². The molecule has 2 heterocycles. The van der Waals surface area contributed by atoms with Crippen LogP contribution in [0.2, 0.25) is 0 Å².